The Kier molecular flexibility index (Phi) is 4.26. The van der Waals surface area contributed by atoms with E-state index in [2.05, 4.69) is 0 Å². The zero-order valence-electron chi connectivity index (χ0n) is 10.3. The first kappa shape index (κ1) is 13.7. The van der Waals surface area contributed by atoms with Crippen LogP contribution in [0.3, 0.4) is 0 Å². The highest BCUT2D eigenvalue weighted by Gasteiger charge is 2.22. The molecule has 0 radical (unpaired) electrons. The fraction of sp³-hybridized carbons (Fsp3) is 0.308. The molecule has 0 aliphatic rings. The lowest BCUT2D eigenvalue weighted by atomic mass is 9.85. The van der Waals surface area contributed by atoms with E-state index in [0.717, 1.165) is 5.56 Å². The Morgan fingerprint density at radius 3 is 2.47 bits per heavy atom. The first-order valence-electron chi connectivity index (χ1n) is 5.50. The molecule has 90 valence electrons. The molecule has 17 heavy (non-hydrogen) atoms. The lowest BCUT2D eigenvalue weighted by molar-refractivity contribution is 0.0858. The maximum atomic E-state index is 12.0. The van der Waals surface area contributed by atoms with Crippen molar-refractivity contribution < 1.29 is 14.8 Å². The van der Waals surface area contributed by atoms with Gasteiger partial charge in [0.1, 0.15) is 0 Å². The average molecular weight is 232 g/mol. The fourth-order valence-corrected chi connectivity index (χ4v) is 1.41. The molecule has 0 aromatic heterocycles. The summed E-state index contributed by atoms with van der Waals surface area (Å²) in [5, 5.41) is 17.4. The largest absolute Gasteiger partial charge is 0.480 e. The zero-order chi connectivity index (χ0) is 13.1. The third-order valence-corrected chi connectivity index (χ3v) is 2.29. The smallest absolute Gasteiger partial charge is 0.424 e. The van der Waals surface area contributed by atoms with Crippen molar-refractivity contribution in [3.8, 4) is 0 Å². The summed E-state index contributed by atoms with van der Waals surface area (Å²) in [5.74, 6) is 1.32. The van der Waals surface area contributed by atoms with Gasteiger partial charge in [0.25, 0.3) is 0 Å². The Balaban J connectivity index is 2.98. The Bertz CT molecular complexity index is 431. The summed E-state index contributed by atoms with van der Waals surface area (Å²) in [6, 6.07) is 7.09. The summed E-state index contributed by atoms with van der Waals surface area (Å²) < 4.78 is 0. The van der Waals surface area contributed by atoms with E-state index in [1.807, 2.05) is 20.8 Å². The van der Waals surface area contributed by atoms with Crippen molar-refractivity contribution in [3.05, 3.63) is 41.4 Å². The molecule has 0 saturated heterocycles. The van der Waals surface area contributed by atoms with Crippen molar-refractivity contribution in [1.82, 2.24) is 0 Å². The van der Waals surface area contributed by atoms with Crippen molar-refractivity contribution in [3.63, 3.8) is 0 Å². The average Bonchev–Trinajstić information content (AvgIpc) is 2.24. The number of rotatable bonds is 3. The minimum absolute atomic E-state index is 0.0669. The molecule has 0 saturated carbocycles. The highest BCUT2D eigenvalue weighted by Crippen LogP contribution is 2.21. The van der Waals surface area contributed by atoms with Gasteiger partial charge in [-0.15, -0.1) is 0 Å². The Hall–Kier alpha value is -1.39. The van der Waals surface area contributed by atoms with E-state index in [1.54, 1.807) is 30.3 Å². The molecule has 1 rings (SSSR count). The zero-order valence-corrected chi connectivity index (χ0v) is 10.3. The highest BCUT2D eigenvalue weighted by atomic mass is 16.4. The predicted octanol–water partition coefficient (Wildman–Crippen LogP) is 1.94. The highest BCUT2D eigenvalue weighted by molar-refractivity contribution is 6.48. The topological polar surface area (TPSA) is 57.5 Å². The molecule has 0 unspecified atom stereocenters. The number of ketones is 1. The normalized spacial score (nSPS) is 11.8. The van der Waals surface area contributed by atoms with Crippen LogP contribution in [0.2, 0.25) is 0 Å². The van der Waals surface area contributed by atoms with E-state index < -0.39 is 12.5 Å². The van der Waals surface area contributed by atoms with Crippen LogP contribution in [-0.2, 0) is 0 Å². The monoisotopic (exact) mass is 232 g/mol. The van der Waals surface area contributed by atoms with Crippen molar-refractivity contribution in [1.29, 1.82) is 0 Å². The molecule has 0 atom stereocenters. The van der Waals surface area contributed by atoms with E-state index in [1.165, 1.54) is 5.98 Å². The van der Waals surface area contributed by atoms with E-state index in [9.17, 15) is 4.79 Å². The number of Topliss-reactive ketones (excluding diaryl/α,β-unsaturated/α-hetero) is 1. The fourth-order valence-electron chi connectivity index (χ4n) is 1.41. The second-order valence-electron chi connectivity index (χ2n) is 4.98. The molecule has 0 fully saturated rings. The van der Waals surface area contributed by atoms with Crippen molar-refractivity contribution in [2.24, 2.45) is 5.41 Å². The summed E-state index contributed by atoms with van der Waals surface area (Å²) in [4.78, 5) is 12.0. The molecule has 3 nitrogen and oxygen atoms in total. The standard InChI is InChI=1S/C13H17BO3/c1-13(2,3)12(15)11-6-4-5-10(9-11)7-8-14(16)17/h4-9,16-17H,1-3H3. The quantitative estimate of drug-likeness (QED) is 0.618. The minimum Gasteiger partial charge on any atom is -0.424 e. The van der Waals surface area contributed by atoms with Gasteiger partial charge in [-0.1, -0.05) is 51.0 Å². The lowest BCUT2D eigenvalue weighted by Crippen LogP contribution is -2.20. The SMILES string of the molecule is CC(C)(C)C(=O)c1cccc(C=CB(O)O)c1. The summed E-state index contributed by atoms with van der Waals surface area (Å²) >= 11 is 0. The van der Waals surface area contributed by atoms with E-state index >= 15 is 0 Å². The van der Waals surface area contributed by atoms with Crippen LogP contribution in [0.5, 0.6) is 0 Å². The van der Waals surface area contributed by atoms with Crippen LogP contribution in [0.15, 0.2) is 30.2 Å². The van der Waals surface area contributed by atoms with Gasteiger partial charge < -0.3 is 10.0 Å². The maximum Gasteiger partial charge on any atom is 0.480 e. The summed E-state index contributed by atoms with van der Waals surface area (Å²) in [6.45, 7) is 5.61. The second-order valence-corrected chi connectivity index (χ2v) is 4.98. The van der Waals surface area contributed by atoms with Gasteiger partial charge in [0.2, 0.25) is 0 Å². The maximum absolute atomic E-state index is 12.0. The first-order valence-corrected chi connectivity index (χ1v) is 5.50. The number of hydrogen-bond donors (Lipinski definition) is 2. The lowest BCUT2D eigenvalue weighted by Gasteiger charge is -2.16. The van der Waals surface area contributed by atoms with Crippen LogP contribution < -0.4 is 0 Å². The molecule has 2 N–H and O–H groups in total. The van der Waals surface area contributed by atoms with Gasteiger partial charge in [-0.2, -0.15) is 0 Å². The second kappa shape index (κ2) is 5.30. The molecule has 1 aromatic carbocycles. The number of carbonyl (C=O) groups excluding carboxylic acids is 1. The van der Waals surface area contributed by atoms with Crippen molar-refractivity contribution >= 4 is 19.0 Å². The molecule has 0 bridgehead atoms. The van der Waals surface area contributed by atoms with Gasteiger partial charge in [-0.3, -0.25) is 4.79 Å². The van der Waals surface area contributed by atoms with E-state index in [0.29, 0.717) is 5.56 Å². The molecule has 4 heteroatoms. The minimum atomic E-state index is -1.48. The Labute approximate surface area is 102 Å². The summed E-state index contributed by atoms with van der Waals surface area (Å²) in [7, 11) is -1.48. The van der Waals surface area contributed by atoms with Gasteiger partial charge in [-0.25, -0.2) is 0 Å². The molecular weight excluding hydrogens is 215 g/mol. The van der Waals surface area contributed by atoms with Gasteiger partial charge >= 0.3 is 7.12 Å². The van der Waals surface area contributed by atoms with Gasteiger partial charge in [0.15, 0.2) is 5.78 Å². The van der Waals surface area contributed by atoms with Gasteiger partial charge in [0.05, 0.1) is 0 Å². The van der Waals surface area contributed by atoms with Crippen LogP contribution in [0.4, 0.5) is 0 Å². The van der Waals surface area contributed by atoms with Crippen LogP contribution in [-0.4, -0.2) is 22.9 Å². The molecule has 0 heterocycles. The van der Waals surface area contributed by atoms with Crippen LogP contribution in [0.25, 0.3) is 6.08 Å². The number of benzene rings is 1. The third kappa shape index (κ3) is 4.17. The van der Waals surface area contributed by atoms with Gasteiger partial charge in [0, 0.05) is 11.0 Å². The van der Waals surface area contributed by atoms with Crippen LogP contribution in [0.1, 0.15) is 36.7 Å². The van der Waals surface area contributed by atoms with Crippen molar-refractivity contribution in [2.45, 2.75) is 20.8 Å². The molecule has 0 spiro atoms. The molecular formula is C13H17BO3. The molecule has 1 aromatic rings. The Morgan fingerprint density at radius 2 is 1.94 bits per heavy atom. The number of carbonyl (C=O) groups is 1. The molecule has 0 amide bonds. The van der Waals surface area contributed by atoms with Crippen LogP contribution >= 0.6 is 0 Å². The molecule has 0 aliphatic carbocycles. The summed E-state index contributed by atoms with van der Waals surface area (Å²) in [5.41, 5.74) is 0.985. The number of hydrogen-bond acceptors (Lipinski definition) is 3. The van der Waals surface area contributed by atoms with Crippen LogP contribution in [0, 0.1) is 5.41 Å². The van der Waals surface area contributed by atoms with E-state index in [-0.39, 0.29) is 5.78 Å². The first-order chi connectivity index (χ1) is 7.80. The van der Waals surface area contributed by atoms with Gasteiger partial charge in [-0.05, 0) is 11.6 Å². The summed E-state index contributed by atoms with van der Waals surface area (Å²) in [6.07, 6.45) is 1.57. The predicted molar refractivity (Wildman–Crippen MR) is 69.5 cm³/mol. The van der Waals surface area contributed by atoms with E-state index in [4.69, 9.17) is 10.0 Å². The third-order valence-electron chi connectivity index (χ3n) is 2.29. The van der Waals surface area contributed by atoms with Crippen molar-refractivity contribution in [2.75, 3.05) is 0 Å². The molecule has 0 aliphatic heterocycles. The Morgan fingerprint density at radius 1 is 1.29 bits per heavy atom.